The van der Waals surface area contributed by atoms with Crippen molar-refractivity contribution in [2.24, 2.45) is 0 Å². The molecule has 0 amide bonds. The molecular formula is C66H60N3OPt-. The number of hydrogen-bond acceptors (Lipinski definition) is 3. The summed E-state index contributed by atoms with van der Waals surface area (Å²) in [6, 6.07) is 65.3. The second-order valence-electron chi connectivity index (χ2n) is 19.1. The first-order valence-electron chi connectivity index (χ1n) is 26.0. The van der Waals surface area contributed by atoms with Gasteiger partial charge in [-0.1, -0.05) is 212 Å². The van der Waals surface area contributed by atoms with Gasteiger partial charge in [-0.25, -0.2) is 4.98 Å². The van der Waals surface area contributed by atoms with E-state index in [-0.39, 0.29) is 26.8 Å². The molecule has 10 aromatic rings. The van der Waals surface area contributed by atoms with Crippen molar-refractivity contribution in [2.45, 2.75) is 79.0 Å². The minimum absolute atomic E-state index is 0. The van der Waals surface area contributed by atoms with Gasteiger partial charge in [-0.2, -0.15) is 0 Å². The first-order valence-corrected chi connectivity index (χ1v) is 24.0. The normalized spacial score (nSPS) is 13.0. The molecule has 71 heavy (non-hydrogen) atoms. The number of phenols is 1. The van der Waals surface area contributed by atoms with Crippen LogP contribution in [0.5, 0.6) is 5.75 Å². The molecule has 0 saturated carbocycles. The number of aromatic nitrogens is 3. The van der Waals surface area contributed by atoms with Crippen molar-refractivity contribution in [3.63, 3.8) is 0 Å². The van der Waals surface area contributed by atoms with Crippen molar-refractivity contribution < 1.29 is 31.7 Å². The fourth-order valence-corrected chi connectivity index (χ4v) is 9.60. The first kappa shape index (κ1) is 43.9. The number of hydrogen-bond donors (Lipinski definition) is 1. The van der Waals surface area contributed by atoms with Crippen LogP contribution in [0.15, 0.2) is 188 Å². The van der Waals surface area contributed by atoms with Gasteiger partial charge in [0, 0.05) is 44.1 Å². The smallest absolute Gasteiger partial charge is 0.148 e. The van der Waals surface area contributed by atoms with Crippen molar-refractivity contribution in [3.05, 3.63) is 217 Å². The molecule has 0 atom stereocenters. The van der Waals surface area contributed by atoms with Crippen LogP contribution in [0.1, 0.15) is 107 Å². The van der Waals surface area contributed by atoms with Crippen LogP contribution in [-0.4, -0.2) is 19.6 Å². The number of para-hydroxylation sites is 1. The van der Waals surface area contributed by atoms with E-state index in [1.807, 2.05) is 143 Å². The van der Waals surface area contributed by atoms with Crippen LogP contribution in [0.2, 0.25) is 0 Å². The monoisotopic (exact) mass is 1110 g/mol. The maximum atomic E-state index is 12.4. The van der Waals surface area contributed by atoms with Crippen molar-refractivity contribution in [2.75, 3.05) is 0 Å². The number of imidazole rings is 1. The third-order valence-electron chi connectivity index (χ3n) is 13.3. The number of nitrogens with zero attached hydrogens (tertiary/aromatic N) is 3. The zero-order valence-corrected chi connectivity index (χ0v) is 43.8. The summed E-state index contributed by atoms with van der Waals surface area (Å²) in [7, 11) is 0. The zero-order chi connectivity index (χ0) is 52.3. The van der Waals surface area contributed by atoms with Gasteiger partial charge in [-0.3, -0.25) is 9.55 Å². The fraction of sp³-hybridized carbons (Fsp3) is 0.182. The summed E-state index contributed by atoms with van der Waals surface area (Å²) in [5.41, 5.74) is 16.7. The second kappa shape index (κ2) is 20.7. The summed E-state index contributed by atoms with van der Waals surface area (Å²) in [5, 5.41) is 12.4. The molecule has 2 aromatic heterocycles. The van der Waals surface area contributed by atoms with Gasteiger partial charge in [-0.15, -0.1) is 23.8 Å². The van der Waals surface area contributed by atoms with E-state index in [0.717, 1.165) is 89.2 Å². The number of pyridine rings is 1. The zero-order valence-electron chi connectivity index (χ0n) is 45.5. The van der Waals surface area contributed by atoms with Crippen molar-refractivity contribution in [3.8, 4) is 89.7 Å². The SMILES string of the molecule is [2H]C(C)(C)c1cc(-c2nc3c(-c4[c-]c(-c5cc(-c6ccc(-c7ccccc7)cc6)ccn5)cc(-c5ccccc5)c4)cccc3n2-c2ccc(-c3c(C([2H])(C)C)cccc3C([2H])(C)C)cc2)c(O)c(C([2H])(C)C)c1.[Pt]. The predicted molar refractivity (Wildman–Crippen MR) is 294 cm³/mol. The van der Waals surface area contributed by atoms with Crippen molar-refractivity contribution in [1.29, 1.82) is 0 Å². The van der Waals surface area contributed by atoms with E-state index in [1.165, 1.54) is 0 Å². The molecule has 10 rings (SSSR count). The maximum Gasteiger partial charge on any atom is 0.148 e. The van der Waals surface area contributed by atoms with E-state index >= 15 is 0 Å². The fourth-order valence-electron chi connectivity index (χ4n) is 9.60. The topological polar surface area (TPSA) is 50.9 Å². The van der Waals surface area contributed by atoms with E-state index in [1.54, 1.807) is 19.9 Å². The van der Waals surface area contributed by atoms with Gasteiger partial charge >= 0.3 is 0 Å². The number of benzene rings is 8. The standard InChI is InChI=1S/C66H60N3O.Pt/c1-41(2)51-38-59(44(7)8)65(70)60(39-51)66-68-64-58(23-16-24-62(64)69(66)55-31-29-49(30-32-55)63-56(42(3)4)21-15-22-57(63)43(5)6)53-35-52(46-19-13-10-14-20-46)36-54(37-53)61-40-50(33-34-67-61)48-27-25-47(26-28-48)45-17-11-9-12-18-45;/h9-36,38-44,70H,1-8H3;/q-1;/i41D,42D,43D,44D;. The Morgan fingerprint density at radius 1 is 0.479 bits per heavy atom. The summed E-state index contributed by atoms with van der Waals surface area (Å²) >= 11 is 0. The molecule has 1 N–H and O–H groups in total. The van der Waals surface area contributed by atoms with Crippen LogP contribution >= 0.6 is 0 Å². The second-order valence-corrected chi connectivity index (χ2v) is 19.1. The Bertz CT molecular complexity index is 3660. The summed E-state index contributed by atoms with van der Waals surface area (Å²) in [5.74, 6) is -3.75. The Balaban J connectivity index is 0.00000689. The van der Waals surface area contributed by atoms with Gasteiger partial charge in [0.15, 0.2) is 0 Å². The molecule has 5 heteroatoms. The Kier molecular flexibility index (Phi) is 12.8. The molecule has 0 fully saturated rings. The minimum Gasteiger partial charge on any atom is -0.507 e. The van der Waals surface area contributed by atoms with Crippen molar-refractivity contribution >= 4 is 11.0 Å². The van der Waals surface area contributed by atoms with Crippen LogP contribution in [0.3, 0.4) is 0 Å². The van der Waals surface area contributed by atoms with E-state index in [9.17, 15) is 7.85 Å². The first-order chi connectivity index (χ1) is 35.1. The van der Waals surface area contributed by atoms with Crippen LogP contribution < -0.4 is 0 Å². The van der Waals surface area contributed by atoms with Gasteiger partial charge in [0.25, 0.3) is 0 Å². The molecule has 0 aliphatic rings. The summed E-state index contributed by atoms with van der Waals surface area (Å²) in [4.78, 5) is 10.4. The molecule has 0 aliphatic carbocycles. The van der Waals surface area contributed by atoms with Gasteiger partial charge < -0.3 is 5.11 Å². The Hall–Kier alpha value is -7.13. The Morgan fingerprint density at radius 3 is 1.63 bits per heavy atom. The molecule has 0 aliphatic heterocycles. The number of phenolic OH excluding ortho intramolecular Hbond substituents is 1. The van der Waals surface area contributed by atoms with Crippen LogP contribution in [0.25, 0.3) is 95.0 Å². The van der Waals surface area contributed by atoms with E-state index in [0.29, 0.717) is 28.0 Å². The number of aromatic hydroxyl groups is 1. The van der Waals surface area contributed by atoms with Gasteiger partial charge in [0.2, 0.25) is 0 Å². The molecule has 0 spiro atoms. The quantitative estimate of drug-likeness (QED) is 0.124. The van der Waals surface area contributed by atoms with Gasteiger partial charge in [0.05, 0.1) is 16.6 Å². The largest absolute Gasteiger partial charge is 0.507 e. The van der Waals surface area contributed by atoms with Crippen LogP contribution in [0, 0.1) is 6.07 Å². The van der Waals surface area contributed by atoms with Gasteiger partial charge in [-0.05, 0) is 115 Å². The molecule has 356 valence electrons. The summed E-state index contributed by atoms with van der Waals surface area (Å²) in [6.45, 7) is 14.6. The van der Waals surface area contributed by atoms with Crippen LogP contribution in [-0.2, 0) is 21.1 Å². The van der Waals surface area contributed by atoms with E-state index < -0.39 is 23.6 Å². The predicted octanol–water partition coefficient (Wildman–Crippen LogP) is 18.1. The molecular weight excluding hydrogens is 1050 g/mol. The Labute approximate surface area is 440 Å². The molecule has 0 saturated heterocycles. The molecule has 4 nitrogen and oxygen atoms in total. The number of fused-ring (bicyclic) bond motifs is 1. The maximum absolute atomic E-state index is 12.4. The third-order valence-corrected chi connectivity index (χ3v) is 13.3. The molecule has 2 heterocycles. The molecule has 8 aromatic carbocycles. The average molecular weight is 1110 g/mol. The van der Waals surface area contributed by atoms with E-state index in [2.05, 4.69) is 91.0 Å². The Morgan fingerprint density at radius 2 is 1.03 bits per heavy atom. The summed E-state index contributed by atoms with van der Waals surface area (Å²) in [6.07, 6.45) is 1.85. The third kappa shape index (κ3) is 9.71. The van der Waals surface area contributed by atoms with Crippen molar-refractivity contribution in [1.82, 2.24) is 14.5 Å². The average Bonchev–Trinajstić information content (AvgIpc) is 3.77. The molecule has 0 unspecified atom stereocenters. The van der Waals surface area contributed by atoms with Crippen LogP contribution in [0.4, 0.5) is 0 Å². The molecule has 0 radical (unpaired) electrons. The van der Waals surface area contributed by atoms with E-state index in [4.69, 9.17) is 12.7 Å². The summed E-state index contributed by atoms with van der Waals surface area (Å²) < 4.78 is 38.7. The van der Waals surface area contributed by atoms with Gasteiger partial charge in [0.1, 0.15) is 11.6 Å². The molecule has 0 bridgehead atoms. The number of rotatable bonds is 12. The minimum atomic E-state index is -1.20.